The van der Waals surface area contributed by atoms with Crippen LogP contribution in [0, 0.1) is 5.82 Å². The van der Waals surface area contributed by atoms with Gasteiger partial charge in [-0.15, -0.1) is 0 Å². The molecular weight excluding hydrogens is 235 g/mol. The number of hydrogen-bond donors (Lipinski definition) is 2. The molecule has 1 aromatic rings. The molecule has 0 radical (unpaired) electrons. The van der Waals surface area contributed by atoms with E-state index in [1.54, 1.807) is 0 Å². The van der Waals surface area contributed by atoms with Crippen LogP contribution < -0.4 is 15.4 Å². The predicted octanol–water partition coefficient (Wildman–Crippen LogP) is 2.90. The van der Waals surface area contributed by atoms with Crippen molar-refractivity contribution in [1.29, 1.82) is 0 Å². The summed E-state index contributed by atoms with van der Waals surface area (Å²) in [4.78, 5) is 11.7. The first-order valence-electron chi connectivity index (χ1n) is 6.10. The standard InChI is InChI=1S/C13H17FN2O2/c1-18-12-7-6-9(14)8-11(12)16-13(17)15-10-4-2-3-5-10/h6-8,10H,2-5H2,1H3,(H2,15,16,17). The summed E-state index contributed by atoms with van der Waals surface area (Å²) < 4.78 is 18.2. The van der Waals surface area contributed by atoms with E-state index < -0.39 is 5.82 Å². The SMILES string of the molecule is COc1ccc(F)cc1NC(=O)NC1CCCC1. The number of amides is 2. The summed E-state index contributed by atoms with van der Waals surface area (Å²) in [5.74, 6) is 0.0324. The summed E-state index contributed by atoms with van der Waals surface area (Å²) in [5, 5.41) is 5.48. The molecule has 0 aliphatic heterocycles. The lowest BCUT2D eigenvalue weighted by molar-refractivity contribution is 0.248. The average Bonchev–Trinajstić information content (AvgIpc) is 2.82. The fourth-order valence-corrected chi connectivity index (χ4v) is 2.19. The smallest absolute Gasteiger partial charge is 0.319 e. The number of hydrogen-bond acceptors (Lipinski definition) is 2. The lowest BCUT2D eigenvalue weighted by Crippen LogP contribution is -2.36. The number of ether oxygens (including phenoxy) is 1. The van der Waals surface area contributed by atoms with Crippen LogP contribution in [0.4, 0.5) is 14.9 Å². The first kappa shape index (κ1) is 12.7. The molecule has 0 unspecified atom stereocenters. The maximum absolute atomic E-state index is 13.1. The lowest BCUT2D eigenvalue weighted by atomic mass is 10.2. The van der Waals surface area contributed by atoms with Crippen LogP contribution in [0.3, 0.4) is 0 Å². The molecule has 18 heavy (non-hydrogen) atoms. The van der Waals surface area contributed by atoms with Crippen LogP contribution in [0.15, 0.2) is 18.2 Å². The third kappa shape index (κ3) is 3.12. The molecule has 0 aromatic heterocycles. The Kier molecular flexibility index (Phi) is 4.02. The van der Waals surface area contributed by atoms with Gasteiger partial charge in [0, 0.05) is 12.1 Å². The quantitative estimate of drug-likeness (QED) is 0.869. The van der Waals surface area contributed by atoms with Gasteiger partial charge >= 0.3 is 6.03 Å². The van der Waals surface area contributed by atoms with Gasteiger partial charge in [-0.1, -0.05) is 12.8 Å². The minimum absolute atomic E-state index is 0.226. The monoisotopic (exact) mass is 252 g/mol. The van der Waals surface area contributed by atoms with Crippen LogP contribution in [0.2, 0.25) is 0 Å². The number of carbonyl (C=O) groups is 1. The summed E-state index contributed by atoms with van der Waals surface area (Å²) in [6.45, 7) is 0. The van der Waals surface area contributed by atoms with E-state index in [1.807, 2.05) is 0 Å². The first-order valence-corrected chi connectivity index (χ1v) is 6.10. The van der Waals surface area contributed by atoms with Gasteiger partial charge in [0.05, 0.1) is 12.8 Å². The normalized spacial score (nSPS) is 15.4. The van der Waals surface area contributed by atoms with Crippen LogP contribution in [0.5, 0.6) is 5.75 Å². The van der Waals surface area contributed by atoms with E-state index in [1.165, 1.54) is 25.3 Å². The molecule has 2 amide bonds. The number of carbonyl (C=O) groups excluding carboxylic acids is 1. The number of rotatable bonds is 3. The van der Waals surface area contributed by atoms with Gasteiger partial charge in [0.15, 0.2) is 0 Å². The van der Waals surface area contributed by atoms with E-state index in [-0.39, 0.29) is 12.1 Å². The van der Waals surface area contributed by atoms with Crippen molar-refractivity contribution >= 4 is 11.7 Å². The van der Waals surface area contributed by atoms with E-state index in [0.29, 0.717) is 11.4 Å². The van der Waals surface area contributed by atoms with Gasteiger partial charge in [0.1, 0.15) is 11.6 Å². The molecular formula is C13H17FN2O2. The molecule has 0 spiro atoms. The Morgan fingerprint density at radius 2 is 2.11 bits per heavy atom. The van der Waals surface area contributed by atoms with Crippen molar-refractivity contribution in [2.24, 2.45) is 0 Å². The van der Waals surface area contributed by atoms with E-state index in [0.717, 1.165) is 25.7 Å². The summed E-state index contributed by atoms with van der Waals surface area (Å²) in [6, 6.07) is 3.93. The summed E-state index contributed by atoms with van der Waals surface area (Å²) in [7, 11) is 1.48. The summed E-state index contributed by atoms with van der Waals surface area (Å²) in [5.41, 5.74) is 0.341. The number of nitrogens with one attached hydrogen (secondary N) is 2. The first-order chi connectivity index (χ1) is 8.69. The third-order valence-electron chi connectivity index (χ3n) is 3.10. The minimum atomic E-state index is -0.410. The molecule has 1 aromatic carbocycles. The Bertz CT molecular complexity index is 431. The Morgan fingerprint density at radius 1 is 1.39 bits per heavy atom. The van der Waals surface area contributed by atoms with Crippen molar-refractivity contribution in [3.8, 4) is 5.75 Å². The van der Waals surface area contributed by atoms with Crippen molar-refractivity contribution in [2.45, 2.75) is 31.7 Å². The van der Waals surface area contributed by atoms with E-state index in [2.05, 4.69) is 10.6 Å². The molecule has 2 rings (SSSR count). The fourth-order valence-electron chi connectivity index (χ4n) is 2.19. The summed E-state index contributed by atoms with van der Waals surface area (Å²) >= 11 is 0. The molecule has 0 bridgehead atoms. The highest BCUT2D eigenvalue weighted by Crippen LogP contribution is 2.25. The molecule has 1 saturated carbocycles. The van der Waals surface area contributed by atoms with Gasteiger partial charge in [0.25, 0.3) is 0 Å². The maximum atomic E-state index is 13.1. The van der Waals surface area contributed by atoms with Gasteiger partial charge in [0.2, 0.25) is 0 Å². The third-order valence-corrected chi connectivity index (χ3v) is 3.10. The molecule has 5 heteroatoms. The highest BCUT2D eigenvalue weighted by molar-refractivity contribution is 5.91. The van der Waals surface area contributed by atoms with Gasteiger partial charge < -0.3 is 15.4 Å². The van der Waals surface area contributed by atoms with E-state index in [9.17, 15) is 9.18 Å². The number of urea groups is 1. The molecule has 98 valence electrons. The molecule has 0 saturated heterocycles. The molecule has 2 N–H and O–H groups in total. The molecule has 0 atom stereocenters. The Hall–Kier alpha value is -1.78. The second-order valence-corrected chi connectivity index (χ2v) is 4.42. The van der Waals surface area contributed by atoms with Gasteiger partial charge in [-0.25, -0.2) is 9.18 Å². The lowest BCUT2D eigenvalue weighted by Gasteiger charge is -2.14. The van der Waals surface area contributed by atoms with Gasteiger partial charge in [-0.2, -0.15) is 0 Å². The topological polar surface area (TPSA) is 50.4 Å². The zero-order valence-electron chi connectivity index (χ0n) is 10.3. The minimum Gasteiger partial charge on any atom is -0.495 e. The second-order valence-electron chi connectivity index (χ2n) is 4.42. The molecule has 1 fully saturated rings. The van der Waals surface area contributed by atoms with Gasteiger partial charge in [-0.3, -0.25) is 0 Å². The highest BCUT2D eigenvalue weighted by Gasteiger charge is 2.17. The van der Waals surface area contributed by atoms with Crippen LogP contribution in [-0.4, -0.2) is 19.2 Å². The Morgan fingerprint density at radius 3 is 2.78 bits per heavy atom. The Labute approximate surface area is 106 Å². The van der Waals surface area contributed by atoms with Crippen molar-refractivity contribution in [3.63, 3.8) is 0 Å². The molecule has 4 nitrogen and oxygen atoms in total. The zero-order chi connectivity index (χ0) is 13.0. The highest BCUT2D eigenvalue weighted by atomic mass is 19.1. The largest absolute Gasteiger partial charge is 0.495 e. The number of benzene rings is 1. The second kappa shape index (κ2) is 5.71. The number of halogens is 1. The van der Waals surface area contributed by atoms with Crippen molar-refractivity contribution in [1.82, 2.24) is 5.32 Å². The zero-order valence-corrected chi connectivity index (χ0v) is 10.3. The molecule has 0 heterocycles. The maximum Gasteiger partial charge on any atom is 0.319 e. The molecule has 1 aliphatic rings. The van der Waals surface area contributed by atoms with E-state index in [4.69, 9.17) is 4.74 Å². The number of anilines is 1. The van der Waals surface area contributed by atoms with Gasteiger partial charge in [-0.05, 0) is 25.0 Å². The van der Waals surface area contributed by atoms with Crippen LogP contribution >= 0.6 is 0 Å². The fraction of sp³-hybridized carbons (Fsp3) is 0.462. The van der Waals surface area contributed by atoms with Crippen LogP contribution in [-0.2, 0) is 0 Å². The summed E-state index contributed by atoms with van der Waals surface area (Å²) in [6.07, 6.45) is 4.31. The average molecular weight is 252 g/mol. The van der Waals surface area contributed by atoms with Crippen LogP contribution in [0.25, 0.3) is 0 Å². The van der Waals surface area contributed by atoms with E-state index >= 15 is 0 Å². The number of methoxy groups -OCH3 is 1. The Balaban J connectivity index is 1.99. The van der Waals surface area contributed by atoms with Crippen LogP contribution in [0.1, 0.15) is 25.7 Å². The van der Waals surface area contributed by atoms with Crippen molar-refractivity contribution < 1.29 is 13.9 Å². The predicted molar refractivity (Wildman–Crippen MR) is 67.4 cm³/mol. The van der Waals surface area contributed by atoms with Crippen molar-refractivity contribution in [3.05, 3.63) is 24.0 Å². The van der Waals surface area contributed by atoms with Crippen molar-refractivity contribution in [2.75, 3.05) is 12.4 Å². The molecule has 1 aliphatic carbocycles.